The minimum absolute atomic E-state index is 0.0645. The number of nitrogens with one attached hydrogen (secondary N) is 2. The molecule has 168 valence electrons. The predicted molar refractivity (Wildman–Crippen MR) is 116 cm³/mol. The highest BCUT2D eigenvalue weighted by Gasteiger charge is 2.47. The molecule has 10 heteroatoms. The third-order valence-corrected chi connectivity index (χ3v) is 5.57. The molecule has 0 radical (unpaired) electrons. The largest absolute Gasteiger partial charge is 0.416 e. The van der Waals surface area contributed by atoms with Crippen LogP contribution in [0.2, 0.25) is 0 Å². The fourth-order valence-corrected chi connectivity index (χ4v) is 3.91. The molecule has 2 aliphatic heterocycles. The van der Waals surface area contributed by atoms with Crippen LogP contribution < -0.4 is 16.4 Å². The number of ketones is 1. The molecule has 1 fully saturated rings. The first-order valence-electron chi connectivity index (χ1n) is 10.3. The molecule has 32 heavy (non-hydrogen) atoms. The Labute approximate surface area is 183 Å². The summed E-state index contributed by atoms with van der Waals surface area (Å²) >= 11 is 0. The van der Waals surface area contributed by atoms with Crippen molar-refractivity contribution in [3.8, 4) is 0 Å². The first-order valence-corrected chi connectivity index (χ1v) is 10.3. The number of nitrogens with two attached hydrogens (primary N) is 1. The third-order valence-electron chi connectivity index (χ3n) is 5.57. The van der Waals surface area contributed by atoms with Crippen LogP contribution in [0, 0.1) is 6.92 Å². The summed E-state index contributed by atoms with van der Waals surface area (Å²) in [4.78, 5) is 25.7. The number of hydrogen-bond acceptors (Lipinski definition) is 7. The molecule has 1 aliphatic carbocycles. The van der Waals surface area contributed by atoms with Crippen molar-refractivity contribution in [1.29, 1.82) is 0 Å². The lowest BCUT2D eigenvalue weighted by Crippen LogP contribution is -2.44. The van der Waals surface area contributed by atoms with Crippen molar-refractivity contribution >= 4 is 23.6 Å². The van der Waals surface area contributed by atoms with Gasteiger partial charge in [0.05, 0.1) is 17.0 Å². The zero-order valence-corrected chi connectivity index (χ0v) is 17.5. The quantitative estimate of drug-likeness (QED) is 0.662. The molecule has 0 aromatic carbocycles. The minimum Gasteiger partial charge on any atom is -0.332 e. The highest BCUT2D eigenvalue weighted by atomic mass is 19.4. The van der Waals surface area contributed by atoms with E-state index in [-0.39, 0.29) is 24.2 Å². The maximum Gasteiger partial charge on any atom is 0.416 e. The van der Waals surface area contributed by atoms with Crippen molar-refractivity contribution < 1.29 is 18.0 Å². The molecule has 3 aliphatic rings. The Hall–Kier alpha value is -3.27. The molecule has 3 heterocycles. The number of aliphatic imine (C=N–C) groups is 2. The number of rotatable bonds is 4. The molecule has 0 bridgehead atoms. The Bertz CT molecular complexity index is 1100. The Morgan fingerprint density at radius 1 is 1.28 bits per heavy atom. The number of hydrogen-bond donors (Lipinski definition) is 3. The van der Waals surface area contributed by atoms with Gasteiger partial charge in [-0.2, -0.15) is 13.2 Å². The smallest absolute Gasteiger partial charge is 0.332 e. The normalized spacial score (nSPS) is 22.5. The summed E-state index contributed by atoms with van der Waals surface area (Å²) in [6.07, 6.45) is 3.35. The van der Waals surface area contributed by atoms with Crippen LogP contribution in [0.4, 0.5) is 18.9 Å². The molecule has 7 nitrogen and oxygen atoms in total. The van der Waals surface area contributed by atoms with Crippen LogP contribution in [-0.2, 0) is 11.2 Å². The molecule has 0 amide bonds. The van der Waals surface area contributed by atoms with Crippen molar-refractivity contribution in [2.75, 3.05) is 11.9 Å². The number of Topliss-reactive ketones (excluding diaryl/α,β-unsaturated/α-hetero) is 1. The second-order valence-electron chi connectivity index (χ2n) is 7.90. The number of aromatic nitrogens is 1. The summed E-state index contributed by atoms with van der Waals surface area (Å²) in [5.41, 5.74) is 6.49. The lowest BCUT2D eigenvalue weighted by Gasteiger charge is -2.37. The van der Waals surface area contributed by atoms with E-state index < -0.39 is 17.4 Å². The van der Waals surface area contributed by atoms with Gasteiger partial charge in [0.2, 0.25) is 5.96 Å². The summed E-state index contributed by atoms with van der Waals surface area (Å²) in [6, 6.07) is 1.94. The van der Waals surface area contributed by atoms with Crippen molar-refractivity contribution in [2.45, 2.75) is 44.4 Å². The predicted octanol–water partition coefficient (Wildman–Crippen LogP) is 3.10. The molecule has 1 aromatic heterocycles. The highest BCUT2D eigenvalue weighted by molar-refractivity contribution is 5.98. The average Bonchev–Trinajstić information content (AvgIpc) is 2.92. The number of carbonyl (C=O) groups is 1. The Kier molecular flexibility index (Phi) is 5.72. The van der Waals surface area contributed by atoms with Crippen LogP contribution in [0.5, 0.6) is 0 Å². The van der Waals surface area contributed by atoms with Gasteiger partial charge in [-0.1, -0.05) is 0 Å². The SMILES string of the molecule is Cc1ncc(CCCN)cc1NC1=NC23N=CC=C(C(F)(F)F)C=C2CC(=O)CC3=CN1. The van der Waals surface area contributed by atoms with Crippen molar-refractivity contribution in [2.24, 2.45) is 15.7 Å². The van der Waals surface area contributed by atoms with Gasteiger partial charge < -0.3 is 16.4 Å². The summed E-state index contributed by atoms with van der Waals surface area (Å²) in [5, 5.41) is 6.18. The Morgan fingerprint density at radius 3 is 2.81 bits per heavy atom. The molecule has 1 saturated carbocycles. The summed E-state index contributed by atoms with van der Waals surface area (Å²) < 4.78 is 40.2. The first kappa shape index (κ1) is 21.9. The molecule has 4 rings (SSSR count). The van der Waals surface area contributed by atoms with Gasteiger partial charge in [-0.25, -0.2) is 4.99 Å². The summed E-state index contributed by atoms with van der Waals surface area (Å²) in [6.45, 7) is 2.41. The van der Waals surface area contributed by atoms with Crippen LogP contribution in [-0.4, -0.2) is 41.3 Å². The molecule has 0 saturated heterocycles. The second-order valence-corrected chi connectivity index (χ2v) is 7.90. The van der Waals surface area contributed by atoms with Gasteiger partial charge in [-0.15, -0.1) is 0 Å². The van der Waals surface area contributed by atoms with Gasteiger partial charge >= 0.3 is 6.18 Å². The fraction of sp³-hybridized carbons (Fsp3) is 0.364. The first-order chi connectivity index (χ1) is 15.2. The zero-order chi connectivity index (χ0) is 22.9. The summed E-state index contributed by atoms with van der Waals surface area (Å²) in [5.74, 6) is 0.125. The fourth-order valence-electron chi connectivity index (χ4n) is 3.91. The molecule has 1 unspecified atom stereocenters. The number of aryl methyl sites for hydroxylation is 2. The number of anilines is 1. The highest BCUT2D eigenvalue weighted by Crippen LogP contribution is 2.44. The van der Waals surface area contributed by atoms with Crippen molar-refractivity contribution in [3.63, 3.8) is 0 Å². The van der Waals surface area contributed by atoms with E-state index in [2.05, 4.69) is 25.6 Å². The number of nitrogens with zero attached hydrogens (tertiary/aromatic N) is 3. The van der Waals surface area contributed by atoms with Crippen LogP contribution in [0.3, 0.4) is 0 Å². The number of halogens is 3. The number of carbonyl (C=O) groups excluding carboxylic acids is 1. The molecule has 1 spiro atoms. The monoisotopic (exact) mass is 444 g/mol. The molecular formula is C22H23F3N6O. The van der Waals surface area contributed by atoms with E-state index in [1.807, 2.05) is 13.0 Å². The van der Waals surface area contributed by atoms with Gasteiger partial charge in [-0.3, -0.25) is 14.8 Å². The Morgan fingerprint density at radius 2 is 2.06 bits per heavy atom. The molecule has 1 atom stereocenters. The second kappa shape index (κ2) is 8.34. The third kappa shape index (κ3) is 4.22. The van der Waals surface area contributed by atoms with Crippen LogP contribution >= 0.6 is 0 Å². The van der Waals surface area contributed by atoms with Crippen LogP contribution in [0.25, 0.3) is 0 Å². The van der Waals surface area contributed by atoms with E-state index in [1.165, 1.54) is 0 Å². The Balaban J connectivity index is 1.70. The lowest BCUT2D eigenvalue weighted by molar-refractivity contribution is -0.118. The van der Waals surface area contributed by atoms with Gasteiger partial charge in [0, 0.05) is 37.0 Å². The molecular weight excluding hydrogens is 421 g/mol. The number of alkyl halides is 3. The molecule has 1 aromatic rings. The summed E-state index contributed by atoms with van der Waals surface area (Å²) in [7, 11) is 0. The number of guanidine groups is 1. The van der Waals surface area contributed by atoms with Crippen molar-refractivity contribution in [3.05, 3.63) is 58.6 Å². The van der Waals surface area contributed by atoms with Crippen LogP contribution in [0.1, 0.15) is 30.5 Å². The average molecular weight is 444 g/mol. The zero-order valence-electron chi connectivity index (χ0n) is 17.5. The van der Waals surface area contributed by atoms with Crippen molar-refractivity contribution in [1.82, 2.24) is 10.3 Å². The minimum atomic E-state index is -4.56. The van der Waals surface area contributed by atoms with Gasteiger partial charge in [0.1, 0.15) is 5.78 Å². The topological polar surface area (TPSA) is 105 Å². The van der Waals surface area contributed by atoms with E-state index in [0.717, 1.165) is 42.5 Å². The van der Waals surface area contributed by atoms with E-state index >= 15 is 0 Å². The van der Waals surface area contributed by atoms with Gasteiger partial charge in [0.15, 0.2) is 5.66 Å². The van der Waals surface area contributed by atoms with Gasteiger partial charge in [0.25, 0.3) is 0 Å². The maximum atomic E-state index is 13.4. The van der Waals surface area contributed by atoms with Gasteiger partial charge in [-0.05, 0) is 55.7 Å². The standard InChI is InChI=1S/C22H23F3N6O/c1-13-19(7-14(11-27-13)3-2-5-26)30-20-28-12-17-10-18(32)9-16-8-15(22(23,24)25)4-6-29-21(16,17)31-20/h4,6-8,11-12H,2-3,5,9-10,26H2,1H3,(H2,28,30,31). The molecule has 4 N–H and O–H groups in total. The van der Waals surface area contributed by atoms with E-state index in [9.17, 15) is 18.0 Å². The number of pyridine rings is 1. The van der Waals surface area contributed by atoms with Crippen LogP contribution in [0.15, 0.2) is 57.3 Å². The lowest BCUT2D eigenvalue weighted by atomic mass is 9.79. The van der Waals surface area contributed by atoms with E-state index in [0.29, 0.717) is 23.8 Å². The number of allylic oxidation sites excluding steroid dienone is 3. The van der Waals surface area contributed by atoms with E-state index in [4.69, 9.17) is 5.73 Å². The van der Waals surface area contributed by atoms with E-state index in [1.54, 1.807) is 12.4 Å². The maximum absolute atomic E-state index is 13.4.